The summed E-state index contributed by atoms with van der Waals surface area (Å²) in [5, 5.41) is 20.3. The maximum Gasteiger partial charge on any atom is 0.514 e. The molecule has 4 atom stereocenters. The van der Waals surface area contributed by atoms with Gasteiger partial charge in [-0.1, -0.05) is 6.92 Å². The van der Waals surface area contributed by atoms with E-state index in [4.69, 9.17) is 23.7 Å². The number of hydrogen-bond donors (Lipinski definition) is 1. The van der Waals surface area contributed by atoms with Gasteiger partial charge >= 0.3 is 6.16 Å². The van der Waals surface area contributed by atoms with Crippen LogP contribution in [0.2, 0.25) is 0 Å². The molecule has 1 N–H and O–H groups in total. The Labute approximate surface area is 143 Å². The topological polar surface area (TPSA) is 127 Å². The summed E-state index contributed by atoms with van der Waals surface area (Å²) in [4.78, 5) is 21.9. The van der Waals surface area contributed by atoms with Crippen LogP contribution in [-0.2, 0) is 18.9 Å². The number of carbonyl (C=O) groups is 1. The lowest BCUT2D eigenvalue weighted by Crippen LogP contribution is -2.49. The second-order valence-corrected chi connectivity index (χ2v) is 5.17. The summed E-state index contributed by atoms with van der Waals surface area (Å²) in [6, 6.07) is 4.99. The van der Waals surface area contributed by atoms with Crippen LogP contribution >= 0.6 is 0 Å². The molecule has 1 aromatic carbocycles. The standard InChI is InChI=1S/C15H19NO9/c1-3-11(12-8-22-14(21-2)13(17)24-12)25-15(18)23-10-6-4-9(5-7-10)16(19)20/h4-7,11-14,17H,3,8H2,1-2H3/t11-,12-,13?,14-/m1/s1. The van der Waals surface area contributed by atoms with E-state index >= 15 is 0 Å². The Hall–Kier alpha value is -2.27. The predicted octanol–water partition coefficient (Wildman–Crippen LogP) is 1.60. The number of hydrogen-bond acceptors (Lipinski definition) is 9. The normalized spacial score (nSPS) is 24.4. The van der Waals surface area contributed by atoms with E-state index in [0.717, 1.165) is 0 Å². The van der Waals surface area contributed by atoms with Crippen molar-refractivity contribution in [1.29, 1.82) is 0 Å². The van der Waals surface area contributed by atoms with Gasteiger partial charge in [-0.05, 0) is 18.6 Å². The summed E-state index contributed by atoms with van der Waals surface area (Å²) in [6.45, 7) is 1.83. The highest BCUT2D eigenvalue weighted by Gasteiger charge is 2.36. The number of ether oxygens (including phenoxy) is 5. The monoisotopic (exact) mass is 357 g/mol. The first kappa shape index (κ1) is 19.1. The van der Waals surface area contributed by atoms with Crippen molar-refractivity contribution in [3.05, 3.63) is 34.4 Å². The number of non-ortho nitro benzene ring substituents is 1. The number of aliphatic hydroxyl groups excluding tert-OH is 1. The van der Waals surface area contributed by atoms with E-state index in [9.17, 15) is 20.0 Å². The first-order chi connectivity index (χ1) is 11.9. The van der Waals surface area contributed by atoms with E-state index in [-0.39, 0.29) is 18.0 Å². The fraction of sp³-hybridized carbons (Fsp3) is 0.533. The van der Waals surface area contributed by atoms with Gasteiger partial charge in [-0.15, -0.1) is 0 Å². The largest absolute Gasteiger partial charge is 0.514 e. The zero-order valence-corrected chi connectivity index (χ0v) is 13.7. The average molecular weight is 357 g/mol. The lowest BCUT2D eigenvalue weighted by Gasteiger charge is -2.35. The molecule has 25 heavy (non-hydrogen) atoms. The van der Waals surface area contributed by atoms with Crippen LogP contribution in [0.4, 0.5) is 10.5 Å². The molecule has 1 unspecified atom stereocenters. The van der Waals surface area contributed by atoms with E-state index in [0.29, 0.717) is 6.42 Å². The molecule has 0 amide bonds. The Morgan fingerprint density at radius 2 is 2.12 bits per heavy atom. The quantitative estimate of drug-likeness (QED) is 0.349. The predicted molar refractivity (Wildman–Crippen MR) is 81.9 cm³/mol. The molecule has 1 fully saturated rings. The van der Waals surface area contributed by atoms with Gasteiger partial charge in [0.2, 0.25) is 12.6 Å². The summed E-state index contributed by atoms with van der Waals surface area (Å²) >= 11 is 0. The molecule has 0 bridgehead atoms. The van der Waals surface area contributed by atoms with Crippen LogP contribution in [-0.4, -0.2) is 54.7 Å². The van der Waals surface area contributed by atoms with Gasteiger partial charge in [0.25, 0.3) is 5.69 Å². The lowest BCUT2D eigenvalue weighted by atomic mass is 10.1. The van der Waals surface area contributed by atoms with Crippen molar-refractivity contribution >= 4 is 11.8 Å². The number of carbonyl (C=O) groups excluding carboxylic acids is 1. The first-order valence-electron chi connectivity index (χ1n) is 7.55. The second kappa shape index (κ2) is 8.72. The fourth-order valence-corrected chi connectivity index (χ4v) is 2.24. The SMILES string of the molecule is CC[C@@H](OC(=O)Oc1ccc([N+](=O)[O-])cc1)[C@H]1CO[C@@H](OC)C(O)O1. The molecule has 0 aromatic heterocycles. The van der Waals surface area contributed by atoms with Crippen molar-refractivity contribution in [3.63, 3.8) is 0 Å². The third-order valence-corrected chi connectivity index (χ3v) is 3.52. The van der Waals surface area contributed by atoms with Crippen LogP contribution in [0.5, 0.6) is 5.75 Å². The summed E-state index contributed by atoms with van der Waals surface area (Å²) < 4.78 is 25.6. The molecule has 2 rings (SSSR count). The fourth-order valence-electron chi connectivity index (χ4n) is 2.24. The Morgan fingerprint density at radius 1 is 1.44 bits per heavy atom. The molecule has 10 nitrogen and oxygen atoms in total. The van der Waals surface area contributed by atoms with Crippen molar-refractivity contribution in [2.45, 2.75) is 38.1 Å². The Kier molecular flexibility index (Phi) is 6.65. The van der Waals surface area contributed by atoms with E-state index < -0.39 is 35.9 Å². The van der Waals surface area contributed by atoms with Gasteiger partial charge in [-0.2, -0.15) is 0 Å². The summed E-state index contributed by atoms with van der Waals surface area (Å²) in [7, 11) is 1.37. The van der Waals surface area contributed by atoms with Crippen molar-refractivity contribution in [3.8, 4) is 5.75 Å². The molecule has 138 valence electrons. The Bertz CT molecular complexity index is 591. The van der Waals surface area contributed by atoms with Crippen LogP contribution in [0.1, 0.15) is 13.3 Å². The van der Waals surface area contributed by atoms with Crippen LogP contribution in [0, 0.1) is 10.1 Å². The number of nitrogens with zero attached hydrogens (tertiary/aromatic N) is 1. The van der Waals surface area contributed by atoms with Crippen LogP contribution in [0.15, 0.2) is 24.3 Å². The van der Waals surface area contributed by atoms with Crippen molar-refractivity contribution in [2.75, 3.05) is 13.7 Å². The first-order valence-corrected chi connectivity index (χ1v) is 7.55. The van der Waals surface area contributed by atoms with E-state index in [1.54, 1.807) is 6.92 Å². The van der Waals surface area contributed by atoms with E-state index in [1.165, 1.54) is 31.4 Å². The second-order valence-electron chi connectivity index (χ2n) is 5.17. The molecule has 1 aliphatic rings. The summed E-state index contributed by atoms with van der Waals surface area (Å²) in [6.07, 6.45) is -4.19. The lowest BCUT2D eigenvalue weighted by molar-refractivity contribution is -0.384. The molecule has 1 aliphatic heterocycles. The highest BCUT2D eigenvalue weighted by Crippen LogP contribution is 2.21. The summed E-state index contributed by atoms with van der Waals surface area (Å²) in [5.74, 6) is 0.103. The van der Waals surface area contributed by atoms with Gasteiger partial charge in [0, 0.05) is 19.2 Å². The minimum absolute atomic E-state index is 0.0683. The van der Waals surface area contributed by atoms with Gasteiger partial charge in [0.05, 0.1) is 11.5 Å². The molecule has 0 saturated carbocycles. The molecule has 10 heteroatoms. The summed E-state index contributed by atoms with van der Waals surface area (Å²) in [5.41, 5.74) is -0.124. The number of nitro groups is 1. The Morgan fingerprint density at radius 3 is 2.64 bits per heavy atom. The smallest absolute Gasteiger partial charge is 0.428 e. The van der Waals surface area contributed by atoms with Crippen LogP contribution in [0.3, 0.4) is 0 Å². The number of benzene rings is 1. The van der Waals surface area contributed by atoms with E-state index in [1.807, 2.05) is 0 Å². The minimum atomic E-state index is -1.30. The van der Waals surface area contributed by atoms with Crippen LogP contribution in [0.25, 0.3) is 0 Å². The van der Waals surface area contributed by atoms with Gasteiger partial charge in [-0.25, -0.2) is 4.79 Å². The molecule has 0 spiro atoms. The third kappa shape index (κ3) is 5.10. The van der Waals surface area contributed by atoms with E-state index in [2.05, 4.69) is 0 Å². The molecule has 1 aromatic rings. The number of nitro benzene ring substituents is 1. The molecule has 0 radical (unpaired) electrons. The molecule has 1 saturated heterocycles. The van der Waals surface area contributed by atoms with Crippen LogP contribution < -0.4 is 4.74 Å². The number of rotatable bonds is 6. The molecule has 1 heterocycles. The van der Waals surface area contributed by atoms with Gasteiger partial charge in [0.15, 0.2) is 0 Å². The van der Waals surface area contributed by atoms with Gasteiger partial charge < -0.3 is 28.8 Å². The maximum atomic E-state index is 11.9. The van der Waals surface area contributed by atoms with Crippen molar-refractivity contribution < 1.29 is 38.5 Å². The Balaban J connectivity index is 1.90. The zero-order valence-electron chi connectivity index (χ0n) is 13.7. The van der Waals surface area contributed by atoms with Gasteiger partial charge in [0.1, 0.15) is 18.0 Å². The van der Waals surface area contributed by atoms with Crippen molar-refractivity contribution in [1.82, 2.24) is 0 Å². The number of aliphatic hydroxyl groups is 1. The highest BCUT2D eigenvalue weighted by molar-refractivity contribution is 5.64. The molecular formula is C15H19NO9. The zero-order chi connectivity index (χ0) is 18.4. The average Bonchev–Trinajstić information content (AvgIpc) is 2.60. The molecular weight excluding hydrogens is 338 g/mol. The van der Waals surface area contributed by atoms with Gasteiger partial charge in [-0.3, -0.25) is 10.1 Å². The maximum absolute atomic E-state index is 11.9. The highest BCUT2D eigenvalue weighted by atomic mass is 16.8. The van der Waals surface area contributed by atoms with Crippen molar-refractivity contribution in [2.24, 2.45) is 0 Å². The number of methoxy groups -OCH3 is 1. The third-order valence-electron chi connectivity index (χ3n) is 3.52. The minimum Gasteiger partial charge on any atom is -0.428 e. The molecule has 0 aliphatic carbocycles.